The molecule has 22 heavy (non-hydrogen) atoms. The van der Waals surface area contributed by atoms with Crippen molar-refractivity contribution in [3.05, 3.63) is 28.8 Å². The second-order valence-corrected chi connectivity index (χ2v) is 7.94. The summed E-state index contributed by atoms with van der Waals surface area (Å²) < 4.78 is 32.8. The number of hydrogen-bond acceptors (Lipinski definition) is 4. The van der Waals surface area contributed by atoms with Gasteiger partial charge in [0.15, 0.2) is 0 Å². The van der Waals surface area contributed by atoms with E-state index in [4.69, 9.17) is 21.6 Å². The van der Waals surface area contributed by atoms with Gasteiger partial charge < -0.3 is 4.74 Å². The van der Waals surface area contributed by atoms with E-state index in [1.807, 2.05) is 19.9 Å². The molecule has 1 aliphatic rings. The van der Waals surface area contributed by atoms with Crippen LogP contribution in [0.5, 0.6) is 0 Å². The van der Waals surface area contributed by atoms with E-state index in [9.17, 15) is 8.42 Å². The summed E-state index contributed by atoms with van der Waals surface area (Å²) in [5, 5.41) is 8.93. The van der Waals surface area contributed by atoms with Crippen molar-refractivity contribution in [1.29, 1.82) is 5.26 Å². The summed E-state index contributed by atoms with van der Waals surface area (Å²) in [6.07, 6.45) is 0.519. The zero-order chi connectivity index (χ0) is 16.3. The van der Waals surface area contributed by atoms with Crippen LogP contribution in [0.4, 0.5) is 0 Å². The molecule has 1 saturated heterocycles. The van der Waals surface area contributed by atoms with Crippen LogP contribution in [0.15, 0.2) is 23.1 Å². The van der Waals surface area contributed by atoms with Gasteiger partial charge in [0, 0.05) is 19.7 Å². The van der Waals surface area contributed by atoms with Crippen molar-refractivity contribution in [2.24, 2.45) is 5.92 Å². The maximum absolute atomic E-state index is 12.8. The molecule has 1 heterocycles. The molecule has 0 radical (unpaired) electrons. The van der Waals surface area contributed by atoms with Crippen LogP contribution in [0, 0.1) is 17.2 Å². The number of nitrogens with zero attached hydrogens (tertiary/aromatic N) is 2. The van der Waals surface area contributed by atoms with E-state index in [1.165, 1.54) is 22.5 Å². The van der Waals surface area contributed by atoms with E-state index in [-0.39, 0.29) is 21.9 Å². The molecule has 0 aromatic heterocycles. The summed E-state index contributed by atoms with van der Waals surface area (Å²) in [6.45, 7) is 5.29. The fourth-order valence-corrected chi connectivity index (χ4v) is 4.37. The Balaban J connectivity index is 2.34. The molecule has 0 saturated carbocycles. The highest BCUT2D eigenvalue weighted by atomic mass is 35.5. The summed E-state index contributed by atoms with van der Waals surface area (Å²) in [5.41, 5.74) is 0.336. The molecule has 7 heteroatoms. The number of ether oxygens (including phenoxy) is 1. The van der Waals surface area contributed by atoms with Crippen LogP contribution in [0.25, 0.3) is 0 Å². The third-order valence-electron chi connectivity index (χ3n) is 3.69. The van der Waals surface area contributed by atoms with E-state index < -0.39 is 10.0 Å². The van der Waals surface area contributed by atoms with Gasteiger partial charge in [-0.1, -0.05) is 25.4 Å². The normalized spacial score (nSPS) is 20.6. The molecule has 1 atom stereocenters. The van der Waals surface area contributed by atoms with Gasteiger partial charge in [-0.2, -0.15) is 9.57 Å². The summed E-state index contributed by atoms with van der Waals surface area (Å²) in [6, 6.07) is 6.18. The van der Waals surface area contributed by atoms with Crippen molar-refractivity contribution in [3.8, 4) is 6.07 Å². The number of nitriles is 1. The summed E-state index contributed by atoms with van der Waals surface area (Å²) in [5.74, 6) is 0.229. The molecular weight excluding hydrogens is 324 g/mol. The molecule has 0 aliphatic carbocycles. The molecule has 5 nitrogen and oxygen atoms in total. The first-order valence-corrected chi connectivity index (χ1v) is 8.99. The predicted molar refractivity (Wildman–Crippen MR) is 84.1 cm³/mol. The summed E-state index contributed by atoms with van der Waals surface area (Å²) in [4.78, 5) is 0.0394. The van der Waals surface area contributed by atoms with Crippen molar-refractivity contribution < 1.29 is 13.2 Å². The van der Waals surface area contributed by atoms with Gasteiger partial charge in [0.1, 0.15) is 4.90 Å². The van der Waals surface area contributed by atoms with E-state index in [0.717, 1.165) is 0 Å². The van der Waals surface area contributed by atoms with Crippen LogP contribution in [-0.2, 0) is 14.8 Å². The van der Waals surface area contributed by atoms with Crippen LogP contribution < -0.4 is 0 Å². The van der Waals surface area contributed by atoms with Gasteiger partial charge in [-0.3, -0.25) is 0 Å². The minimum absolute atomic E-state index is 0.0394. The molecule has 0 spiro atoms. The van der Waals surface area contributed by atoms with Crippen molar-refractivity contribution >= 4 is 21.6 Å². The maximum atomic E-state index is 12.8. The highest BCUT2D eigenvalue weighted by Gasteiger charge is 2.31. The molecule has 1 aromatic rings. The summed E-state index contributed by atoms with van der Waals surface area (Å²) >= 11 is 6.06. The largest absolute Gasteiger partial charge is 0.377 e. The van der Waals surface area contributed by atoms with E-state index >= 15 is 0 Å². The van der Waals surface area contributed by atoms with E-state index in [1.54, 1.807) is 0 Å². The van der Waals surface area contributed by atoms with Crippen molar-refractivity contribution in [2.45, 2.75) is 31.3 Å². The van der Waals surface area contributed by atoms with Crippen LogP contribution >= 0.6 is 11.6 Å². The Kier molecular flexibility index (Phi) is 5.45. The molecule has 0 bridgehead atoms. The Morgan fingerprint density at radius 1 is 1.45 bits per heavy atom. The van der Waals surface area contributed by atoms with Gasteiger partial charge in [0.2, 0.25) is 10.0 Å². The van der Waals surface area contributed by atoms with Gasteiger partial charge in [-0.05, 0) is 30.5 Å². The fourth-order valence-electron chi connectivity index (χ4n) is 2.36. The molecular formula is C15H19ClN2O3S. The van der Waals surface area contributed by atoms with Crippen LogP contribution in [0.1, 0.15) is 25.8 Å². The van der Waals surface area contributed by atoms with E-state index in [2.05, 4.69) is 0 Å². The van der Waals surface area contributed by atoms with E-state index in [0.29, 0.717) is 31.7 Å². The lowest BCUT2D eigenvalue weighted by molar-refractivity contribution is 0.0301. The maximum Gasteiger partial charge on any atom is 0.244 e. The minimum Gasteiger partial charge on any atom is -0.377 e. The number of halogens is 1. The lowest BCUT2D eigenvalue weighted by atomic mass is 10.1. The number of benzene rings is 1. The third kappa shape index (κ3) is 3.61. The van der Waals surface area contributed by atoms with Crippen LogP contribution in [0.2, 0.25) is 5.02 Å². The average Bonchev–Trinajstić information content (AvgIpc) is 2.73. The van der Waals surface area contributed by atoms with Crippen LogP contribution in [0.3, 0.4) is 0 Å². The Bertz CT molecular complexity index is 683. The Hall–Kier alpha value is -1.13. The lowest BCUT2D eigenvalue weighted by Gasteiger charge is -2.25. The predicted octanol–water partition coefficient (Wildman–Crippen LogP) is 2.65. The van der Waals surface area contributed by atoms with Crippen molar-refractivity contribution in [1.82, 2.24) is 4.31 Å². The molecule has 0 amide bonds. The molecule has 120 valence electrons. The zero-order valence-electron chi connectivity index (χ0n) is 12.6. The van der Waals surface area contributed by atoms with Gasteiger partial charge >= 0.3 is 0 Å². The monoisotopic (exact) mass is 342 g/mol. The van der Waals surface area contributed by atoms with Crippen molar-refractivity contribution in [3.63, 3.8) is 0 Å². The quantitative estimate of drug-likeness (QED) is 0.846. The lowest BCUT2D eigenvalue weighted by Crippen LogP contribution is -2.38. The zero-order valence-corrected chi connectivity index (χ0v) is 14.2. The highest BCUT2D eigenvalue weighted by molar-refractivity contribution is 7.89. The number of hydrogen-bond donors (Lipinski definition) is 0. The highest BCUT2D eigenvalue weighted by Crippen LogP contribution is 2.27. The molecule has 1 unspecified atom stereocenters. The molecule has 2 rings (SSSR count). The second kappa shape index (κ2) is 6.97. The minimum atomic E-state index is -3.70. The first-order chi connectivity index (χ1) is 10.4. The van der Waals surface area contributed by atoms with Gasteiger partial charge in [-0.15, -0.1) is 0 Å². The van der Waals surface area contributed by atoms with Gasteiger partial charge in [0.25, 0.3) is 0 Å². The average molecular weight is 343 g/mol. The van der Waals surface area contributed by atoms with Crippen LogP contribution in [-0.4, -0.2) is 38.5 Å². The standard InChI is InChI=1S/C15H19ClN2O3S/c1-11(2)14-10-18(6-3-7-21-14)22(19,20)15-5-4-12(9-17)8-13(15)16/h4-5,8,11,14H,3,6-7,10H2,1-2H3. The van der Waals surface area contributed by atoms with Crippen molar-refractivity contribution in [2.75, 3.05) is 19.7 Å². The number of rotatable bonds is 3. The van der Waals surface area contributed by atoms with Gasteiger partial charge in [0.05, 0.1) is 22.8 Å². The Labute approximate surface area is 136 Å². The number of sulfonamides is 1. The smallest absolute Gasteiger partial charge is 0.244 e. The Morgan fingerprint density at radius 2 is 2.18 bits per heavy atom. The fraction of sp³-hybridized carbons (Fsp3) is 0.533. The summed E-state index contributed by atoms with van der Waals surface area (Å²) in [7, 11) is -3.70. The SMILES string of the molecule is CC(C)C1CN(S(=O)(=O)c2ccc(C#N)cc2Cl)CCCO1. The molecule has 0 N–H and O–H groups in total. The third-order valence-corrected chi connectivity index (χ3v) is 6.04. The topological polar surface area (TPSA) is 70.4 Å². The van der Waals surface area contributed by atoms with Gasteiger partial charge in [-0.25, -0.2) is 8.42 Å². The molecule has 1 aromatic carbocycles. The first-order valence-electron chi connectivity index (χ1n) is 7.17. The first kappa shape index (κ1) is 17.2. The molecule has 1 fully saturated rings. The molecule has 1 aliphatic heterocycles. The Morgan fingerprint density at radius 3 is 2.77 bits per heavy atom. The second-order valence-electron chi connectivity index (χ2n) is 5.63.